The number of hydrogen-bond donors (Lipinski definition) is 1. The minimum atomic E-state index is -0.215. The third kappa shape index (κ3) is 3.71. The topological polar surface area (TPSA) is 55.1 Å². The molecule has 0 saturated heterocycles. The van der Waals surface area contributed by atoms with Crippen LogP contribution in [0.4, 0.5) is 0 Å². The van der Waals surface area contributed by atoms with Crippen molar-refractivity contribution in [2.45, 2.75) is 20.3 Å². The van der Waals surface area contributed by atoms with E-state index in [0.29, 0.717) is 18.0 Å². The molecule has 0 bridgehead atoms. The number of amides is 1. The van der Waals surface area contributed by atoms with Crippen LogP contribution in [0, 0.1) is 13.8 Å². The second-order valence-corrected chi connectivity index (χ2v) is 5.89. The minimum absolute atomic E-state index is 0.215. The van der Waals surface area contributed by atoms with Gasteiger partial charge in [-0.15, -0.1) is 0 Å². The molecule has 24 heavy (non-hydrogen) atoms. The molecule has 1 N–H and O–H groups in total. The number of carbonyl (C=O) groups is 1. The molecule has 0 aliphatic rings. The van der Waals surface area contributed by atoms with Crippen molar-refractivity contribution < 1.29 is 9.21 Å². The fourth-order valence-electron chi connectivity index (χ4n) is 2.56. The maximum atomic E-state index is 12.4. The van der Waals surface area contributed by atoms with E-state index in [9.17, 15) is 4.79 Å². The predicted octanol–water partition coefficient (Wildman–Crippen LogP) is 3.93. The zero-order valence-electron chi connectivity index (χ0n) is 13.9. The summed E-state index contributed by atoms with van der Waals surface area (Å²) in [6, 6.07) is 16.1. The zero-order valence-corrected chi connectivity index (χ0v) is 13.9. The highest BCUT2D eigenvalue weighted by Crippen LogP contribution is 2.23. The van der Waals surface area contributed by atoms with Crippen molar-refractivity contribution in [1.29, 1.82) is 0 Å². The van der Waals surface area contributed by atoms with Crippen LogP contribution in [0.1, 0.15) is 27.2 Å². The molecule has 4 nitrogen and oxygen atoms in total. The molecule has 3 rings (SSSR count). The van der Waals surface area contributed by atoms with Gasteiger partial charge in [-0.25, -0.2) is 4.98 Å². The van der Waals surface area contributed by atoms with Crippen LogP contribution in [-0.2, 0) is 6.42 Å². The van der Waals surface area contributed by atoms with E-state index in [1.54, 1.807) is 0 Å². The molecule has 0 saturated carbocycles. The first-order chi connectivity index (χ1) is 11.6. The van der Waals surface area contributed by atoms with Gasteiger partial charge in [0.1, 0.15) is 0 Å². The van der Waals surface area contributed by atoms with Gasteiger partial charge in [0.05, 0.1) is 0 Å². The van der Waals surface area contributed by atoms with Gasteiger partial charge in [-0.3, -0.25) is 4.79 Å². The molecular weight excluding hydrogens is 300 g/mol. The van der Waals surface area contributed by atoms with Gasteiger partial charge in [-0.1, -0.05) is 53.6 Å². The summed E-state index contributed by atoms with van der Waals surface area (Å²) in [5.74, 6) is 0.291. The summed E-state index contributed by atoms with van der Waals surface area (Å²) in [4.78, 5) is 16.5. The first-order valence-electron chi connectivity index (χ1n) is 7.98. The molecule has 0 atom stereocenters. The molecule has 1 amide bonds. The maximum Gasteiger partial charge on any atom is 0.273 e. The van der Waals surface area contributed by atoms with Gasteiger partial charge >= 0.3 is 0 Å². The number of benzene rings is 2. The highest BCUT2D eigenvalue weighted by molar-refractivity contribution is 5.97. The van der Waals surface area contributed by atoms with Crippen molar-refractivity contribution in [2.75, 3.05) is 6.54 Å². The molecule has 0 aliphatic carbocycles. The molecule has 2 aromatic carbocycles. The Kier molecular flexibility index (Phi) is 4.75. The summed E-state index contributed by atoms with van der Waals surface area (Å²) in [5, 5.41) is 2.91. The second kappa shape index (κ2) is 7.13. The third-order valence-corrected chi connectivity index (χ3v) is 3.88. The van der Waals surface area contributed by atoms with Crippen molar-refractivity contribution in [3.63, 3.8) is 0 Å². The quantitative estimate of drug-likeness (QED) is 0.775. The van der Waals surface area contributed by atoms with Crippen LogP contribution >= 0.6 is 0 Å². The van der Waals surface area contributed by atoms with Gasteiger partial charge in [0.15, 0.2) is 17.8 Å². The summed E-state index contributed by atoms with van der Waals surface area (Å²) < 4.78 is 5.43. The van der Waals surface area contributed by atoms with Crippen LogP contribution in [-0.4, -0.2) is 17.4 Å². The normalized spacial score (nSPS) is 10.6. The van der Waals surface area contributed by atoms with Crippen molar-refractivity contribution >= 4 is 5.91 Å². The number of hydrogen-bond acceptors (Lipinski definition) is 3. The fraction of sp³-hybridized carbons (Fsp3) is 0.200. The number of aryl methyl sites for hydroxylation is 2. The standard InChI is InChI=1S/C20H20N2O2/c1-14-6-8-16(9-7-14)10-11-21-20(23)18-19(24-13-22-18)17-5-3-4-15(2)12-17/h3-9,12-13H,10-11H2,1-2H3,(H,21,23). The lowest BCUT2D eigenvalue weighted by atomic mass is 10.1. The number of aromatic nitrogens is 1. The van der Waals surface area contributed by atoms with E-state index in [0.717, 1.165) is 17.5 Å². The van der Waals surface area contributed by atoms with Crippen LogP contribution in [0.5, 0.6) is 0 Å². The molecule has 0 spiro atoms. The number of nitrogens with one attached hydrogen (secondary N) is 1. The molecule has 122 valence electrons. The highest BCUT2D eigenvalue weighted by Gasteiger charge is 2.17. The molecule has 4 heteroatoms. The fourth-order valence-corrected chi connectivity index (χ4v) is 2.56. The molecular formula is C20H20N2O2. The van der Waals surface area contributed by atoms with Crippen molar-refractivity contribution in [1.82, 2.24) is 10.3 Å². The van der Waals surface area contributed by atoms with Crippen molar-refractivity contribution in [3.8, 4) is 11.3 Å². The lowest BCUT2D eigenvalue weighted by Crippen LogP contribution is -2.26. The Hall–Kier alpha value is -2.88. The van der Waals surface area contributed by atoms with Crippen LogP contribution in [0.15, 0.2) is 59.3 Å². The average Bonchev–Trinajstić information content (AvgIpc) is 3.06. The summed E-state index contributed by atoms with van der Waals surface area (Å²) in [6.07, 6.45) is 2.09. The van der Waals surface area contributed by atoms with E-state index in [2.05, 4.69) is 41.5 Å². The summed E-state index contributed by atoms with van der Waals surface area (Å²) >= 11 is 0. The molecule has 3 aromatic rings. The SMILES string of the molecule is Cc1ccc(CCNC(=O)c2ncoc2-c2cccc(C)c2)cc1. The first kappa shape index (κ1) is 16.0. The molecule has 1 heterocycles. The van der Waals surface area contributed by atoms with Crippen molar-refractivity contribution in [3.05, 3.63) is 77.3 Å². The largest absolute Gasteiger partial charge is 0.443 e. The van der Waals surface area contributed by atoms with Crippen LogP contribution in [0.25, 0.3) is 11.3 Å². The Balaban J connectivity index is 1.66. The van der Waals surface area contributed by atoms with Gasteiger partial charge in [0.2, 0.25) is 0 Å². The van der Waals surface area contributed by atoms with E-state index in [-0.39, 0.29) is 5.91 Å². The van der Waals surface area contributed by atoms with Gasteiger partial charge < -0.3 is 9.73 Å². The van der Waals surface area contributed by atoms with Gasteiger partial charge in [-0.2, -0.15) is 0 Å². The van der Waals surface area contributed by atoms with E-state index >= 15 is 0 Å². The average molecular weight is 320 g/mol. The van der Waals surface area contributed by atoms with Crippen LogP contribution < -0.4 is 5.32 Å². The monoisotopic (exact) mass is 320 g/mol. The zero-order chi connectivity index (χ0) is 16.9. The van der Waals surface area contributed by atoms with Crippen molar-refractivity contribution in [2.24, 2.45) is 0 Å². The summed E-state index contributed by atoms with van der Waals surface area (Å²) in [5.41, 5.74) is 4.71. The Morgan fingerprint density at radius 3 is 2.62 bits per heavy atom. The predicted molar refractivity (Wildman–Crippen MR) is 93.9 cm³/mol. The van der Waals surface area contributed by atoms with Crippen LogP contribution in [0.3, 0.4) is 0 Å². The van der Waals surface area contributed by atoms with E-state index < -0.39 is 0 Å². The Bertz CT molecular complexity index is 835. The molecule has 0 aliphatic heterocycles. The lowest BCUT2D eigenvalue weighted by Gasteiger charge is -2.06. The third-order valence-electron chi connectivity index (χ3n) is 3.88. The Morgan fingerprint density at radius 1 is 1.08 bits per heavy atom. The van der Waals surface area contributed by atoms with Crippen LogP contribution in [0.2, 0.25) is 0 Å². The number of oxazole rings is 1. The molecule has 0 unspecified atom stereocenters. The number of nitrogens with zero attached hydrogens (tertiary/aromatic N) is 1. The van der Waals surface area contributed by atoms with Gasteiger partial charge in [0.25, 0.3) is 5.91 Å². The number of carbonyl (C=O) groups excluding carboxylic acids is 1. The minimum Gasteiger partial charge on any atom is -0.443 e. The van der Waals surface area contributed by atoms with E-state index in [1.165, 1.54) is 17.5 Å². The smallest absolute Gasteiger partial charge is 0.273 e. The Labute approximate surface area is 141 Å². The van der Waals surface area contributed by atoms with Gasteiger partial charge in [0, 0.05) is 12.1 Å². The first-order valence-corrected chi connectivity index (χ1v) is 7.98. The lowest BCUT2D eigenvalue weighted by molar-refractivity contribution is 0.0950. The summed E-state index contributed by atoms with van der Waals surface area (Å²) in [6.45, 7) is 4.62. The molecule has 0 fully saturated rings. The summed E-state index contributed by atoms with van der Waals surface area (Å²) in [7, 11) is 0. The number of rotatable bonds is 5. The highest BCUT2D eigenvalue weighted by atomic mass is 16.3. The maximum absolute atomic E-state index is 12.4. The van der Waals surface area contributed by atoms with Gasteiger partial charge in [-0.05, 0) is 31.9 Å². The second-order valence-electron chi connectivity index (χ2n) is 5.89. The molecule has 1 aromatic heterocycles. The molecule has 0 radical (unpaired) electrons. The van der Waals surface area contributed by atoms with E-state index in [1.807, 2.05) is 31.2 Å². The Morgan fingerprint density at radius 2 is 1.88 bits per heavy atom. The van der Waals surface area contributed by atoms with E-state index in [4.69, 9.17) is 4.42 Å².